The van der Waals surface area contributed by atoms with Crippen LogP contribution in [0.5, 0.6) is 0 Å². The molecule has 0 radical (unpaired) electrons. The van der Waals surface area contributed by atoms with Crippen molar-refractivity contribution < 1.29 is 14.3 Å². The summed E-state index contributed by atoms with van der Waals surface area (Å²) in [7, 11) is 1.34. The van der Waals surface area contributed by atoms with Crippen molar-refractivity contribution in [1.29, 1.82) is 0 Å². The van der Waals surface area contributed by atoms with Crippen LogP contribution in [0.1, 0.15) is 12.0 Å². The van der Waals surface area contributed by atoms with Crippen molar-refractivity contribution in [3.05, 3.63) is 66.4 Å². The number of esters is 1. The number of H-pyrrole nitrogens is 1. The summed E-state index contributed by atoms with van der Waals surface area (Å²) in [5, 5.41) is 3.86. The molecule has 1 atom stereocenters. The maximum absolute atomic E-state index is 12.3. The van der Waals surface area contributed by atoms with Crippen molar-refractivity contribution in [3.8, 4) is 0 Å². The molecule has 6 heteroatoms. The van der Waals surface area contributed by atoms with Gasteiger partial charge in [-0.1, -0.05) is 36.4 Å². The lowest BCUT2D eigenvalue weighted by Gasteiger charge is -2.16. The Morgan fingerprint density at radius 1 is 1.11 bits per heavy atom. The molecule has 1 heterocycles. The number of nitrogens with one attached hydrogen (secondary N) is 2. The van der Waals surface area contributed by atoms with Gasteiger partial charge in [-0.3, -0.25) is 4.79 Å². The lowest BCUT2D eigenvalue weighted by atomic mass is 10.0. The molecular formula is C21H22N2O3S. The summed E-state index contributed by atoms with van der Waals surface area (Å²) in [6.07, 6.45) is 2.59. The quantitative estimate of drug-likeness (QED) is 0.462. The standard InChI is InChI=1S/C21H22N2O3S/c1-26-21(25)19(13-15-14-22-18-10-6-5-9-17(15)18)23-20(24)11-12-27-16-7-3-2-4-8-16/h2-10,14,19,22H,11-13H2,1H3,(H,23,24). The Hall–Kier alpha value is -2.73. The maximum atomic E-state index is 12.3. The molecule has 0 fully saturated rings. The Balaban J connectivity index is 1.59. The van der Waals surface area contributed by atoms with Gasteiger partial charge in [0.15, 0.2) is 0 Å². The van der Waals surface area contributed by atoms with Gasteiger partial charge in [-0.15, -0.1) is 11.8 Å². The van der Waals surface area contributed by atoms with Crippen molar-refractivity contribution in [2.24, 2.45) is 0 Å². The molecule has 0 aliphatic rings. The SMILES string of the molecule is COC(=O)C(Cc1c[nH]c2ccccc12)NC(=O)CCSc1ccccc1. The largest absolute Gasteiger partial charge is 0.467 e. The van der Waals surface area contributed by atoms with E-state index in [0.717, 1.165) is 21.4 Å². The molecule has 3 rings (SSSR count). The van der Waals surface area contributed by atoms with Crippen LogP contribution in [0.25, 0.3) is 10.9 Å². The van der Waals surface area contributed by atoms with E-state index in [2.05, 4.69) is 10.3 Å². The summed E-state index contributed by atoms with van der Waals surface area (Å²) in [5.41, 5.74) is 1.97. The molecule has 0 bridgehead atoms. The van der Waals surface area contributed by atoms with Gasteiger partial charge < -0.3 is 15.0 Å². The molecule has 2 N–H and O–H groups in total. The minimum Gasteiger partial charge on any atom is -0.467 e. The molecule has 1 unspecified atom stereocenters. The molecule has 3 aromatic rings. The first kappa shape index (κ1) is 19.0. The number of ether oxygens (including phenoxy) is 1. The summed E-state index contributed by atoms with van der Waals surface area (Å²) in [5.74, 6) is 0.0506. The normalized spacial score (nSPS) is 11.9. The van der Waals surface area contributed by atoms with Crippen LogP contribution in [-0.4, -0.2) is 35.8 Å². The lowest BCUT2D eigenvalue weighted by Crippen LogP contribution is -2.43. The predicted molar refractivity (Wildman–Crippen MR) is 108 cm³/mol. The van der Waals surface area contributed by atoms with Gasteiger partial charge in [0.2, 0.25) is 5.91 Å². The van der Waals surface area contributed by atoms with Crippen molar-refractivity contribution in [2.45, 2.75) is 23.8 Å². The number of thioether (sulfide) groups is 1. The number of para-hydroxylation sites is 1. The van der Waals surface area contributed by atoms with Crippen LogP contribution >= 0.6 is 11.8 Å². The van der Waals surface area contributed by atoms with E-state index in [-0.39, 0.29) is 5.91 Å². The zero-order valence-electron chi connectivity index (χ0n) is 15.1. The monoisotopic (exact) mass is 382 g/mol. The van der Waals surface area contributed by atoms with Gasteiger partial charge in [0.25, 0.3) is 0 Å². The van der Waals surface area contributed by atoms with Crippen LogP contribution in [0, 0.1) is 0 Å². The highest BCUT2D eigenvalue weighted by Gasteiger charge is 2.23. The molecule has 5 nitrogen and oxygen atoms in total. The van der Waals surface area contributed by atoms with E-state index in [4.69, 9.17) is 4.74 Å². The third-order valence-electron chi connectivity index (χ3n) is 4.26. The summed E-state index contributed by atoms with van der Waals surface area (Å²) >= 11 is 1.62. The highest BCUT2D eigenvalue weighted by molar-refractivity contribution is 7.99. The van der Waals surface area contributed by atoms with E-state index in [1.54, 1.807) is 11.8 Å². The Bertz CT molecular complexity index is 908. The number of carbonyl (C=O) groups excluding carboxylic acids is 2. The number of amides is 1. The van der Waals surface area contributed by atoms with E-state index in [1.165, 1.54) is 7.11 Å². The number of rotatable bonds is 8. The van der Waals surface area contributed by atoms with Crippen molar-refractivity contribution in [2.75, 3.05) is 12.9 Å². The van der Waals surface area contributed by atoms with Gasteiger partial charge in [-0.05, 0) is 23.8 Å². The molecule has 0 aliphatic heterocycles. The summed E-state index contributed by atoms with van der Waals surface area (Å²) in [4.78, 5) is 28.8. The fraction of sp³-hybridized carbons (Fsp3) is 0.238. The van der Waals surface area contributed by atoms with Gasteiger partial charge in [0.05, 0.1) is 7.11 Å². The zero-order chi connectivity index (χ0) is 19.1. The number of methoxy groups -OCH3 is 1. The molecule has 0 saturated carbocycles. The first-order chi connectivity index (χ1) is 13.2. The number of fused-ring (bicyclic) bond motifs is 1. The van der Waals surface area contributed by atoms with Crippen molar-refractivity contribution >= 4 is 34.5 Å². The third kappa shape index (κ3) is 5.14. The smallest absolute Gasteiger partial charge is 0.328 e. The Morgan fingerprint density at radius 2 is 1.85 bits per heavy atom. The molecule has 0 aliphatic carbocycles. The molecular weight excluding hydrogens is 360 g/mol. The fourth-order valence-electron chi connectivity index (χ4n) is 2.90. The second-order valence-electron chi connectivity index (χ2n) is 6.12. The Labute approximate surface area is 162 Å². The number of carbonyl (C=O) groups is 2. The Morgan fingerprint density at radius 3 is 2.63 bits per heavy atom. The van der Waals surface area contributed by atoms with E-state index in [0.29, 0.717) is 18.6 Å². The zero-order valence-corrected chi connectivity index (χ0v) is 15.9. The average molecular weight is 382 g/mol. The molecule has 27 heavy (non-hydrogen) atoms. The van der Waals surface area contributed by atoms with E-state index in [9.17, 15) is 9.59 Å². The first-order valence-electron chi connectivity index (χ1n) is 8.77. The van der Waals surface area contributed by atoms with Gasteiger partial charge in [-0.25, -0.2) is 4.79 Å². The number of aromatic nitrogens is 1. The number of hydrogen-bond donors (Lipinski definition) is 2. The number of aromatic amines is 1. The van der Waals surface area contributed by atoms with E-state index >= 15 is 0 Å². The maximum Gasteiger partial charge on any atom is 0.328 e. The van der Waals surface area contributed by atoms with Gasteiger partial charge in [-0.2, -0.15) is 0 Å². The molecule has 1 aromatic heterocycles. The second kappa shape index (κ2) is 9.28. The minimum atomic E-state index is -0.705. The van der Waals surface area contributed by atoms with Crippen molar-refractivity contribution in [3.63, 3.8) is 0 Å². The molecule has 140 valence electrons. The highest BCUT2D eigenvalue weighted by atomic mass is 32.2. The van der Waals surface area contributed by atoms with Gasteiger partial charge >= 0.3 is 5.97 Å². The van der Waals surface area contributed by atoms with Crippen molar-refractivity contribution in [1.82, 2.24) is 10.3 Å². The topological polar surface area (TPSA) is 71.2 Å². The molecule has 0 saturated heterocycles. The van der Waals surface area contributed by atoms with Crippen LogP contribution in [-0.2, 0) is 20.7 Å². The fourth-order valence-corrected chi connectivity index (χ4v) is 3.77. The molecule has 1 amide bonds. The number of benzene rings is 2. The average Bonchev–Trinajstić information content (AvgIpc) is 3.10. The van der Waals surface area contributed by atoms with E-state index in [1.807, 2.05) is 60.8 Å². The van der Waals surface area contributed by atoms with Gasteiger partial charge in [0.1, 0.15) is 6.04 Å². The summed E-state index contributed by atoms with van der Waals surface area (Å²) < 4.78 is 4.88. The molecule has 2 aromatic carbocycles. The number of hydrogen-bond acceptors (Lipinski definition) is 4. The summed E-state index contributed by atoms with van der Waals surface area (Å²) in [6.45, 7) is 0. The second-order valence-corrected chi connectivity index (χ2v) is 7.29. The minimum absolute atomic E-state index is 0.159. The summed E-state index contributed by atoms with van der Waals surface area (Å²) in [6, 6.07) is 17.1. The van der Waals surface area contributed by atoms with Crippen LogP contribution in [0.15, 0.2) is 65.7 Å². The van der Waals surface area contributed by atoms with Crippen LogP contribution in [0.4, 0.5) is 0 Å². The highest BCUT2D eigenvalue weighted by Crippen LogP contribution is 2.20. The lowest BCUT2D eigenvalue weighted by molar-refractivity contribution is -0.145. The Kier molecular flexibility index (Phi) is 6.54. The first-order valence-corrected chi connectivity index (χ1v) is 9.76. The predicted octanol–water partition coefficient (Wildman–Crippen LogP) is 3.55. The third-order valence-corrected chi connectivity index (χ3v) is 5.27. The molecule has 0 spiro atoms. The van der Waals surface area contributed by atoms with Crippen LogP contribution in [0.2, 0.25) is 0 Å². The van der Waals surface area contributed by atoms with Crippen LogP contribution in [0.3, 0.4) is 0 Å². The van der Waals surface area contributed by atoms with E-state index < -0.39 is 12.0 Å². The van der Waals surface area contributed by atoms with Crippen LogP contribution < -0.4 is 5.32 Å². The van der Waals surface area contributed by atoms with Gasteiger partial charge in [0, 0.05) is 40.6 Å².